The van der Waals surface area contributed by atoms with E-state index in [0.29, 0.717) is 36.3 Å². The van der Waals surface area contributed by atoms with Crippen LogP contribution in [0.4, 0.5) is 5.69 Å². The summed E-state index contributed by atoms with van der Waals surface area (Å²) in [5, 5.41) is 5.08. The van der Waals surface area contributed by atoms with Crippen molar-refractivity contribution in [2.45, 2.75) is 37.7 Å². The van der Waals surface area contributed by atoms with Gasteiger partial charge in [-0.05, 0) is 19.1 Å². The number of aromatic nitrogens is 1. The first-order valence-corrected chi connectivity index (χ1v) is 10.7. The molecule has 2 aromatic rings. The van der Waals surface area contributed by atoms with Crippen LogP contribution in [0.2, 0.25) is 0 Å². The Labute approximate surface area is 159 Å². The molecule has 0 bridgehead atoms. The van der Waals surface area contributed by atoms with E-state index < -0.39 is 16.0 Å². The van der Waals surface area contributed by atoms with Crippen molar-refractivity contribution in [2.75, 3.05) is 18.5 Å². The zero-order valence-corrected chi connectivity index (χ0v) is 16.6. The minimum absolute atomic E-state index is 0.277. The Morgan fingerprint density at radius 1 is 1.27 bits per heavy atom. The number of hydrogen-bond donors (Lipinski definition) is 1. The van der Waals surface area contributed by atoms with Gasteiger partial charge in [0, 0.05) is 33.9 Å². The first-order chi connectivity index (χ1) is 12.4. The van der Waals surface area contributed by atoms with Crippen molar-refractivity contribution in [1.82, 2.24) is 4.98 Å². The van der Waals surface area contributed by atoms with Gasteiger partial charge in [-0.1, -0.05) is 13.8 Å². The van der Waals surface area contributed by atoms with Gasteiger partial charge in [-0.15, -0.1) is 11.3 Å². The molecule has 0 saturated carbocycles. The highest BCUT2D eigenvalue weighted by molar-refractivity contribution is 7.85. The van der Waals surface area contributed by atoms with Crippen LogP contribution in [0.15, 0.2) is 23.6 Å². The number of fused-ring (bicyclic) bond motifs is 1. The van der Waals surface area contributed by atoms with Crippen molar-refractivity contribution < 1.29 is 18.5 Å². The maximum atomic E-state index is 12.5. The largest absolute Gasteiger partial charge is 0.486 e. The molecule has 0 spiro atoms. The van der Waals surface area contributed by atoms with E-state index in [1.807, 2.05) is 5.38 Å². The predicted octanol–water partition coefficient (Wildman–Crippen LogP) is 3.31. The van der Waals surface area contributed by atoms with E-state index in [4.69, 9.17) is 9.47 Å². The first-order valence-electron chi connectivity index (χ1n) is 8.46. The fourth-order valence-corrected chi connectivity index (χ4v) is 4.34. The molecule has 2 heterocycles. The van der Waals surface area contributed by atoms with Crippen molar-refractivity contribution >= 4 is 33.7 Å². The highest BCUT2D eigenvalue weighted by Gasteiger charge is 2.22. The zero-order valence-electron chi connectivity index (χ0n) is 15.0. The van der Waals surface area contributed by atoms with Crippen molar-refractivity contribution in [3.63, 3.8) is 0 Å². The van der Waals surface area contributed by atoms with Crippen LogP contribution in [-0.2, 0) is 21.3 Å². The lowest BCUT2D eigenvalue weighted by atomic mass is 10.2. The van der Waals surface area contributed by atoms with E-state index in [9.17, 15) is 9.00 Å². The topological polar surface area (TPSA) is 77.5 Å². The summed E-state index contributed by atoms with van der Waals surface area (Å²) in [6, 6.07) is 5.22. The summed E-state index contributed by atoms with van der Waals surface area (Å²) in [5.74, 6) is 1.60. The maximum Gasteiger partial charge on any atom is 0.239 e. The van der Waals surface area contributed by atoms with E-state index in [-0.39, 0.29) is 11.7 Å². The molecule has 26 heavy (non-hydrogen) atoms. The molecule has 0 saturated heterocycles. The van der Waals surface area contributed by atoms with Gasteiger partial charge in [-0.25, -0.2) is 4.98 Å². The van der Waals surface area contributed by atoms with Gasteiger partial charge in [0.25, 0.3) is 0 Å². The fourth-order valence-electron chi connectivity index (χ4n) is 2.41. The molecule has 0 fully saturated rings. The first kappa shape index (κ1) is 18.8. The number of carbonyl (C=O) groups is 1. The van der Waals surface area contributed by atoms with Crippen molar-refractivity contribution in [3.05, 3.63) is 34.3 Å². The number of thiazole rings is 1. The second kappa shape index (κ2) is 8.18. The molecule has 140 valence electrons. The summed E-state index contributed by atoms with van der Waals surface area (Å²) in [5.41, 5.74) is 1.37. The van der Waals surface area contributed by atoms with E-state index in [1.165, 1.54) is 0 Å². The van der Waals surface area contributed by atoms with Gasteiger partial charge in [-0.2, -0.15) is 0 Å². The highest BCUT2D eigenvalue weighted by Crippen LogP contribution is 2.32. The highest BCUT2D eigenvalue weighted by atomic mass is 32.2. The van der Waals surface area contributed by atoms with Gasteiger partial charge in [0.15, 0.2) is 11.5 Å². The standard InChI is InChI=1S/C18H22N2O4S2/c1-11(2)18-20-14(9-25-18)10-26(22)12(3)17(21)19-13-4-5-15-16(8-13)24-7-6-23-15/h4-5,8-9,11-12H,6-7,10H2,1-3H3,(H,19,21). The number of nitrogens with one attached hydrogen (secondary N) is 1. The lowest BCUT2D eigenvalue weighted by Crippen LogP contribution is -2.30. The van der Waals surface area contributed by atoms with Crippen LogP contribution >= 0.6 is 11.3 Å². The average Bonchev–Trinajstić information content (AvgIpc) is 3.09. The third kappa shape index (κ3) is 4.42. The van der Waals surface area contributed by atoms with Crippen molar-refractivity contribution in [3.8, 4) is 11.5 Å². The smallest absolute Gasteiger partial charge is 0.239 e. The summed E-state index contributed by atoms with van der Waals surface area (Å²) in [6.07, 6.45) is 0. The fraction of sp³-hybridized carbons (Fsp3) is 0.444. The number of rotatable bonds is 6. The Kier molecular flexibility index (Phi) is 5.93. The van der Waals surface area contributed by atoms with Crippen molar-refractivity contribution in [2.24, 2.45) is 0 Å². The lowest BCUT2D eigenvalue weighted by molar-refractivity contribution is -0.115. The van der Waals surface area contributed by atoms with Crippen LogP contribution in [0.25, 0.3) is 0 Å². The Balaban J connectivity index is 1.60. The van der Waals surface area contributed by atoms with Crippen LogP contribution in [-0.4, -0.2) is 33.6 Å². The molecule has 1 aromatic heterocycles. The van der Waals surface area contributed by atoms with Gasteiger partial charge in [0.2, 0.25) is 5.91 Å². The molecule has 1 amide bonds. The van der Waals surface area contributed by atoms with E-state index >= 15 is 0 Å². The van der Waals surface area contributed by atoms with Crippen LogP contribution in [0.3, 0.4) is 0 Å². The van der Waals surface area contributed by atoms with Crippen LogP contribution in [0.1, 0.15) is 37.4 Å². The number of amides is 1. The van der Waals surface area contributed by atoms with Gasteiger partial charge in [-0.3, -0.25) is 9.00 Å². The minimum Gasteiger partial charge on any atom is -0.486 e. The zero-order chi connectivity index (χ0) is 18.7. The SMILES string of the molecule is CC(C)c1nc(CS(=O)C(C)C(=O)Nc2ccc3c(c2)OCCO3)cs1. The molecule has 0 radical (unpaired) electrons. The molecular formula is C18H22N2O4S2. The Bertz CT molecular complexity index is 819. The number of nitrogens with zero attached hydrogens (tertiary/aromatic N) is 1. The maximum absolute atomic E-state index is 12.5. The van der Waals surface area contributed by atoms with Gasteiger partial charge >= 0.3 is 0 Å². The molecule has 1 aliphatic heterocycles. The predicted molar refractivity (Wildman–Crippen MR) is 104 cm³/mol. The third-order valence-corrected chi connectivity index (χ3v) is 6.70. The molecule has 2 unspecified atom stereocenters. The number of anilines is 1. The van der Waals surface area contributed by atoms with Crippen LogP contribution in [0.5, 0.6) is 11.5 Å². The molecule has 1 aliphatic rings. The van der Waals surface area contributed by atoms with Gasteiger partial charge in [0.1, 0.15) is 18.5 Å². The van der Waals surface area contributed by atoms with Crippen molar-refractivity contribution in [1.29, 1.82) is 0 Å². The van der Waals surface area contributed by atoms with Crippen LogP contribution < -0.4 is 14.8 Å². The summed E-state index contributed by atoms with van der Waals surface area (Å²) >= 11 is 1.56. The van der Waals surface area contributed by atoms with Crippen LogP contribution in [0, 0.1) is 0 Å². The number of carbonyl (C=O) groups excluding carboxylic acids is 1. The summed E-state index contributed by atoms with van der Waals surface area (Å²) < 4.78 is 23.5. The molecule has 0 aliphatic carbocycles. The molecule has 1 N–H and O–H groups in total. The lowest BCUT2D eigenvalue weighted by Gasteiger charge is -2.19. The molecule has 6 nitrogen and oxygen atoms in total. The van der Waals surface area contributed by atoms with E-state index in [2.05, 4.69) is 24.1 Å². The quantitative estimate of drug-likeness (QED) is 0.813. The summed E-state index contributed by atoms with van der Waals surface area (Å²) in [4.78, 5) is 16.9. The van der Waals surface area contributed by atoms with E-state index in [1.54, 1.807) is 36.5 Å². The van der Waals surface area contributed by atoms with E-state index in [0.717, 1.165) is 10.7 Å². The molecule has 2 atom stereocenters. The normalized spacial score (nSPS) is 15.5. The number of ether oxygens (including phenoxy) is 2. The second-order valence-corrected chi connectivity index (χ2v) is 8.99. The molecule has 1 aromatic carbocycles. The number of benzene rings is 1. The minimum atomic E-state index is -1.35. The molecule has 3 rings (SSSR count). The third-order valence-electron chi connectivity index (χ3n) is 3.93. The van der Waals surface area contributed by atoms with Gasteiger partial charge in [0.05, 0.1) is 16.5 Å². The summed E-state index contributed by atoms with van der Waals surface area (Å²) in [7, 11) is -1.35. The average molecular weight is 395 g/mol. The Morgan fingerprint density at radius 2 is 2.00 bits per heavy atom. The Morgan fingerprint density at radius 3 is 2.69 bits per heavy atom. The molecule has 8 heteroatoms. The number of hydrogen-bond acceptors (Lipinski definition) is 6. The summed E-state index contributed by atoms with van der Waals surface area (Å²) in [6.45, 7) is 6.81. The monoisotopic (exact) mass is 394 g/mol. The Hall–Kier alpha value is -1.93. The van der Waals surface area contributed by atoms with Gasteiger partial charge < -0.3 is 14.8 Å². The second-order valence-electron chi connectivity index (χ2n) is 6.35. The molecular weight excluding hydrogens is 372 g/mol.